The maximum absolute atomic E-state index is 5.45. The lowest BCUT2D eigenvalue weighted by Crippen LogP contribution is -2.00. The molecule has 0 aliphatic heterocycles. The molecule has 0 unspecified atom stereocenters. The Balaban J connectivity index is 2.67. The van der Waals surface area contributed by atoms with Crippen molar-refractivity contribution in [3.63, 3.8) is 0 Å². The molecular weight excluding hydrogens is 240 g/mol. The van der Waals surface area contributed by atoms with E-state index in [1.807, 2.05) is 26.8 Å². The van der Waals surface area contributed by atoms with Crippen molar-refractivity contribution < 1.29 is 9.47 Å². The second kappa shape index (κ2) is 5.26. The minimum Gasteiger partial charge on any atom is -0.496 e. The van der Waals surface area contributed by atoms with Gasteiger partial charge < -0.3 is 9.47 Å². The van der Waals surface area contributed by atoms with Crippen LogP contribution in [0.5, 0.6) is 11.6 Å². The number of hydrogen-bond acceptors (Lipinski definition) is 4. The zero-order valence-corrected chi connectivity index (χ0v) is 11.9. The van der Waals surface area contributed by atoms with Crippen molar-refractivity contribution in [1.82, 2.24) is 9.97 Å². The summed E-state index contributed by atoms with van der Waals surface area (Å²) in [6, 6.07) is 5.88. The van der Waals surface area contributed by atoms with Crippen LogP contribution in [0, 0.1) is 20.8 Å². The van der Waals surface area contributed by atoms with Gasteiger partial charge >= 0.3 is 0 Å². The summed E-state index contributed by atoms with van der Waals surface area (Å²) < 4.78 is 10.7. The Morgan fingerprint density at radius 2 is 1.63 bits per heavy atom. The molecule has 0 atom stereocenters. The van der Waals surface area contributed by atoms with Crippen molar-refractivity contribution in [3.8, 4) is 23.0 Å². The fraction of sp³-hybridized carbons (Fsp3) is 0.333. The molecular formula is C15H18N2O2. The van der Waals surface area contributed by atoms with Gasteiger partial charge in [-0.2, -0.15) is 4.98 Å². The third-order valence-corrected chi connectivity index (χ3v) is 2.93. The number of ether oxygens (including phenoxy) is 2. The van der Waals surface area contributed by atoms with Gasteiger partial charge in [-0.15, -0.1) is 0 Å². The van der Waals surface area contributed by atoms with E-state index in [1.54, 1.807) is 20.3 Å². The van der Waals surface area contributed by atoms with Crippen molar-refractivity contribution >= 4 is 0 Å². The van der Waals surface area contributed by atoms with Crippen LogP contribution < -0.4 is 9.47 Å². The van der Waals surface area contributed by atoms with E-state index in [2.05, 4.69) is 16.0 Å². The molecule has 2 aromatic rings. The average Bonchev–Trinajstić information content (AvgIpc) is 2.36. The largest absolute Gasteiger partial charge is 0.496 e. The van der Waals surface area contributed by atoms with Crippen LogP contribution in [0.15, 0.2) is 18.2 Å². The molecule has 0 saturated heterocycles. The number of rotatable bonds is 3. The van der Waals surface area contributed by atoms with Gasteiger partial charge in [0.25, 0.3) is 0 Å². The molecule has 2 rings (SSSR count). The van der Waals surface area contributed by atoms with Crippen LogP contribution >= 0.6 is 0 Å². The Kier molecular flexibility index (Phi) is 3.69. The molecule has 0 N–H and O–H groups in total. The van der Waals surface area contributed by atoms with Gasteiger partial charge in [-0.25, -0.2) is 4.98 Å². The SMILES string of the molecule is COc1cc(C)nc(-c2c(C)cc(C)cc2OC)n1. The van der Waals surface area contributed by atoms with Crippen molar-refractivity contribution in [1.29, 1.82) is 0 Å². The molecule has 0 aliphatic carbocycles. The number of nitrogens with zero attached hydrogens (tertiary/aromatic N) is 2. The second-order valence-corrected chi connectivity index (χ2v) is 4.53. The fourth-order valence-corrected chi connectivity index (χ4v) is 2.13. The second-order valence-electron chi connectivity index (χ2n) is 4.53. The van der Waals surface area contributed by atoms with Crippen LogP contribution in [0.25, 0.3) is 11.4 Å². The number of aryl methyl sites for hydroxylation is 3. The van der Waals surface area contributed by atoms with Gasteiger partial charge in [-0.1, -0.05) is 6.07 Å². The molecule has 0 spiro atoms. The Labute approximate surface area is 113 Å². The van der Waals surface area contributed by atoms with E-state index in [0.717, 1.165) is 28.1 Å². The van der Waals surface area contributed by atoms with Gasteiger partial charge in [0.05, 0.1) is 19.8 Å². The number of methoxy groups -OCH3 is 2. The number of hydrogen-bond donors (Lipinski definition) is 0. The first-order valence-corrected chi connectivity index (χ1v) is 6.10. The molecule has 1 aromatic heterocycles. The van der Waals surface area contributed by atoms with Crippen molar-refractivity contribution in [2.24, 2.45) is 0 Å². The van der Waals surface area contributed by atoms with E-state index < -0.39 is 0 Å². The topological polar surface area (TPSA) is 44.2 Å². The molecule has 1 aromatic carbocycles. The Morgan fingerprint density at radius 1 is 0.895 bits per heavy atom. The predicted octanol–water partition coefficient (Wildman–Crippen LogP) is 3.09. The smallest absolute Gasteiger partial charge is 0.216 e. The van der Waals surface area contributed by atoms with Gasteiger partial charge in [-0.05, 0) is 38.0 Å². The molecule has 0 radical (unpaired) electrons. The van der Waals surface area contributed by atoms with Crippen LogP contribution in [-0.2, 0) is 0 Å². The standard InChI is InChI=1S/C15H18N2O2/c1-9-6-10(2)14(12(7-9)18-4)15-16-11(3)8-13(17-15)19-5/h6-8H,1-5H3. The van der Waals surface area contributed by atoms with E-state index in [9.17, 15) is 0 Å². The lowest BCUT2D eigenvalue weighted by atomic mass is 10.0. The Bertz CT molecular complexity index is 609. The zero-order chi connectivity index (χ0) is 14.0. The van der Waals surface area contributed by atoms with E-state index in [0.29, 0.717) is 11.7 Å². The van der Waals surface area contributed by atoms with Gasteiger partial charge in [0.2, 0.25) is 5.88 Å². The third kappa shape index (κ3) is 2.67. The van der Waals surface area contributed by atoms with E-state index in [-0.39, 0.29) is 0 Å². The van der Waals surface area contributed by atoms with Crippen LogP contribution in [0.2, 0.25) is 0 Å². The summed E-state index contributed by atoms with van der Waals surface area (Å²) >= 11 is 0. The highest BCUT2D eigenvalue weighted by atomic mass is 16.5. The summed E-state index contributed by atoms with van der Waals surface area (Å²) in [5.41, 5.74) is 4.01. The first-order chi connectivity index (χ1) is 9.05. The molecule has 0 saturated carbocycles. The maximum atomic E-state index is 5.45. The van der Waals surface area contributed by atoms with Crippen molar-refractivity contribution in [2.45, 2.75) is 20.8 Å². The quantitative estimate of drug-likeness (QED) is 0.848. The summed E-state index contributed by atoms with van der Waals surface area (Å²) in [5.74, 6) is 1.97. The normalized spacial score (nSPS) is 10.4. The molecule has 0 amide bonds. The van der Waals surface area contributed by atoms with Gasteiger partial charge in [0, 0.05) is 11.8 Å². The van der Waals surface area contributed by atoms with E-state index >= 15 is 0 Å². The molecule has 0 aliphatic rings. The fourth-order valence-electron chi connectivity index (χ4n) is 2.13. The zero-order valence-electron chi connectivity index (χ0n) is 11.9. The van der Waals surface area contributed by atoms with Crippen LogP contribution in [0.4, 0.5) is 0 Å². The number of benzene rings is 1. The summed E-state index contributed by atoms with van der Waals surface area (Å²) in [6.07, 6.45) is 0. The summed E-state index contributed by atoms with van der Waals surface area (Å²) in [6.45, 7) is 5.99. The Hall–Kier alpha value is -2.10. The summed E-state index contributed by atoms with van der Waals surface area (Å²) in [7, 11) is 3.26. The summed E-state index contributed by atoms with van der Waals surface area (Å²) in [4.78, 5) is 8.89. The molecule has 1 heterocycles. The minimum atomic E-state index is 0.560. The van der Waals surface area contributed by atoms with E-state index in [1.165, 1.54) is 0 Å². The van der Waals surface area contributed by atoms with E-state index in [4.69, 9.17) is 9.47 Å². The van der Waals surface area contributed by atoms with Gasteiger partial charge in [0.15, 0.2) is 5.82 Å². The van der Waals surface area contributed by atoms with Crippen LogP contribution in [-0.4, -0.2) is 24.2 Å². The Morgan fingerprint density at radius 3 is 2.26 bits per heavy atom. The first kappa shape index (κ1) is 13.3. The highest BCUT2D eigenvalue weighted by Gasteiger charge is 2.14. The minimum absolute atomic E-state index is 0.560. The molecule has 19 heavy (non-hydrogen) atoms. The molecule has 4 nitrogen and oxygen atoms in total. The highest BCUT2D eigenvalue weighted by Crippen LogP contribution is 2.33. The summed E-state index contributed by atoms with van der Waals surface area (Å²) in [5, 5.41) is 0. The molecule has 0 bridgehead atoms. The maximum Gasteiger partial charge on any atom is 0.216 e. The van der Waals surface area contributed by atoms with Crippen LogP contribution in [0.1, 0.15) is 16.8 Å². The molecule has 100 valence electrons. The lowest BCUT2D eigenvalue weighted by Gasteiger charge is -2.13. The van der Waals surface area contributed by atoms with Gasteiger partial charge in [-0.3, -0.25) is 0 Å². The van der Waals surface area contributed by atoms with Gasteiger partial charge in [0.1, 0.15) is 5.75 Å². The van der Waals surface area contributed by atoms with Crippen molar-refractivity contribution in [2.75, 3.05) is 14.2 Å². The number of aromatic nitrogens is 2. The lowest BCUT2D eigenvalue weighted by molar-refractivity contribution is 0.396. The van der Waals surface area contributed by atoms with Crippen LogP contribution in [0.3, 0.4) is 0 Å². The van der Waals surface area contributed by atoms with Crippen molar-refractivity contribution in [3.05, 3.63) is 35.0 Å². The first-order valence-electron chi connectivity index (χ1n) is 6.10. The molecule has 4 heteroatoms. The predicted molar refractivity (Wildman–Crippen MR) is 74.8 cm³/mol. The monoisotopic (exact) mass is 258 g/mol. The molecule has 0 fully saturated rings. The highest BCUT2D eigenvalue weighted by molar-refractivity contribution is 5.69. The average molecular weight is 258 g/mol. The third-order valence-electron chi connectivity index (χ3n) is 2.93.